The van der Waals surface area contributed by atoms with Crippen LogP contribution in [0.4, 0.5) is 0 Å². The number of hydrogen-bond acceptors (Lipinski definition) is 2. The molecule has 0 N–H and O–H groups in total. The van der Waals surface area contributed by atoms with E-state index >= 15 is 0 Å². The van der Waals surface area contributed by atoms with E-state index in [2.05, 4.69) is 27.5 Å². The minimum absolute atomic E-state index is 0.725. The molecule has 2 nitrogen and oxygen atoms in total. The molecule has 0 spiro atoms. The minimum atomic E-state index is 0.725. The predicted molar refractivity (Wildman–Crippen MR) is 47.5 cm³/mol. The van der Waals surface area contributed by atoms with Gasteiger partial charge in [0.15, 0.2) is 5.75 Å². The molecule has 0 bridgehead atoms. The highest BCUT2D eigenvalue weighted by Gasteiger charge is 2.02. The SMILES string of the molecule is C=COc1c(Br)ccnc1C. The maximum atomic E-state index is 5.12. The molecule has 0 atom stereocenters. The van der Waals surface area contributed by atoms with E-state index < -0.39 is 0 Å². The number of hydrogen-bond donors (Lipinski definition) is 0. The van der Waals surface area contributed by atoms with Crippen LogP contribution in [-0.4, -0.2) is 4.98 Å². The lowest BCUT2D eigenvalue weighted by atomic mass is 10.3. The normalized spacial score (nSPS) is 9.27. The quantitative estimate of drug-likeness (QED) is 0.706. The van der Waals surface area contributed by atoms with Crippen LogP contribution in [0.25, 0.3) is 0 Å². The number of rotatable bonds is 2. The van der Waals surface area contributed by atoms with E-state index in [1.807, 2.05) is 13.0 Å². The van der Waals surface area contributed by atoms with Crippen molar-refractivity contribution < 1.29 is 4.74 Å². The van der Waals surface area contributed by atoms with E-state index in [0.29, 0.717) is 0 Å². The molecule has 0 aromatic carbocycles. The van der Waals surface area contributed by atoms with Crippen molar-refractivity contribution in [3.63, 3.8) is 0 Å². The van der Waals surface area contributed by atoms with Gasteiger partial charge in [0.25, 0.3) is 0 Å². The molecule has 1 rings (SSSR count). The number of nitrogens with zero attached hydrogens (tertiary/aromatic N) is 1. The van der Waals surface area contributed by atoms with Gasteiger partial charge in [-0.3, -0.25) is 4.98 Å². The molecule has 0 aliphatic carbocycles. The van der Waals surface area contributed by atoms with Crippen molar-refractivity contribution in [1.82, 2.24) is 4.98 Å². The first-order valence-electron chi connectivity index (χ1n) is 3.14. The van der Waals surface area contributed by atoms with Gasteiger partial charge in [-0.2, -0.15) is 0 Å². The van der Waals surface area contributed by atoms with Gasteiger partial charge in [0.1, 0.15) is 0 Å². The van der Waals surface area contributed by atoms with Crippen LogP contribution in [0.5, 0.6) is 5.75 Å². The van der Waals surface area contributed by atoms with E-state index in [-0.39, 0.29) is 0 Å². The molecule has 3 heteroatoms. The standard InChI is InChI=1S/C8H8BrNO/c1-3-11-8-6(2)10-5-4-7(8)9/h3-5H,1H2,2H3. The van der Waals surface area contributed by atoms with Crippen LogP contribution in [0.15, 0.2) is 29.6 Å². The first-order chi connectivity index (χ1) is 5.25. The fourth-order valence-electron chi connectivity index (χ4n) is 0.747. The van der Waals surface area contributed by atoms with Crippen molar-refractivity contribution in [2.45, 2.75) is 6.92 Å². The summed E-state index contributed by atoms with van der Waals surface area (Å²) in [6.45, 7) is 5.35. The van der Waals surface area contributed by atoms with Gasteiger partial charge < -0.3 is 4.74 Å². The molecule has 58 valence electrons. The Morgan fingerprint density at radius 2 is 2.45 bits per heavy atom. The van der Waals surface area contributed by atoms with Crippen LogP contribution < -0.4 is 4.74 Å². The summed E-state index contributed by atoms with van der Waals surface area (Å²) in [6.07, 6.45) is 3.10. The third-order valence-corrected chi connectivity index (χ3v) is 1.86. The number of pyridine rings is 1. The van der Waals surface area contributed by atoms with Crippen LogP contribution >= 0.6 is 15.9 Å². The van der Waals surface area contributed by atoms with E-state index in [0.717, 1.165) is 15.9 Å². The molecule has 0 unspecified atom stereocenters. The van der Waals surface area contributed by atoms with E-state index in [1.54, 1.807) is 6.20 Å². The second-order valence-electron chi connectivity index (χ2n) is 1.99. The third kappa shape index (κ3) is 1.80. The largest absolute Gasteiger partial charge is 0.463 e. The highest BCUT2D eigenvalue weighted by atomic mass is 79.9. The van der Waals surface area contributed by atoms with Gasteiger partial charge in [0.2, 0.25) is 0 Å². The summed E-state index contributed by atoms with van der Waals surface area (Å²) in [7, 11) is 0. The van der Waals surface area contributed by atoms with E-state index in [1.165, 1.54) is 6.26 Å². The molecule has 1 heterocycles. The number of aromatic nitrogens is 1. The smallest absolute Gasteiger partial charge is 0.161 e. The van der Waals surface area contributed by atoms with Gasteiger partial charge in [-0.15, -0.1) is 0 Å². The highest BCUT2D eigenvalue weighted by Crippen LogP contribution is 2.26. The summed E-state index contributed by atoms with van der Waals surface area (Å²) in [4.78, 5) is 4.06. The zero-order valence-corrected chi connectivity index (χ0v) is 7.76. The zero-order valence-electron chi connectivity index (χ0n) is 6.17. The lowest BCUT2D eigenvalue weighted by molar-refractivity contribution is 0.473. The number of halogens is 1. The summed E-state index contributed by atoms with van der Waals surface area (Å²) < 4.78 is 6.02. The van der Waals surface area contributed by atoms with Crippen LogP contribution in [0.3, 0.4) is 0 Å². The molecule has 0 radical (unpaired) electrons. The molecule has 1 aromatic rings. The fraction of sp³-hybridized carbons (Fsp3) is 0.125. The van der Waals surface area contributed by atoms with Crippen molar-refractivity contribution in [1.29, 1.82) is 0 Å². The second kappa shape index (κ2) is 3.53. The second-order valence-corrected chi connectivity index (χ2v) is 2.85. The lowest BCUT2D eigenvalue weighted by Crippen LogP contribution is -1.89. The summed E-state index contributed by atoms with van der Waals surface area (Å²) in [5, 5.41) is 0. The minimum Gasteiger partial charge on any atom is -0.463 e. The van der Waals surface area contributed by atoms with Gasteiger partial charge in [-0.05, 0) is 28.9 Å². The van der Waals surface area contributed by atoms with Crippen molar-refractivity contribution in [2.24, 2.45) is 0 Å². The summed E-state index contributed by atoms with van der Waals surface area (Å²) in [5.74, 6) is 0.725. The third-order valence-electron chi connectivity index (χ3n) is 1.24. The van der Waals surface area contributed by atoms with Crippen LogP contribution in [0, 0.1) is 6.92 Å². The Morgan fingerprint density at radius 1 is 1.73 bits per heavy atom. The van der Waals surface area contributed by atoms with Crippen molar-refractivity contribution in [2.75, 3.05) is 0 Å². The molecule has 1 aromatic heterocycles. The Kier molecular flexibility index (Phi) is 2.65. The van der Waals surface area contributed by atoms with Gasteiger partial charge >= 0.3 is 0 Å². The Balaban J connectivity index is 3.09. The first kappa shape index (κ1) is 8.27. The molecule has 0 amide bonds. The van der Waals surface area contributed by atoms with Crippen molar-refractivity contribution in [3.05, 3.63) is 35.3 Å². The summed E-state index contributed by atoms with van der Waals surface area (Å²) in [5.41, 5.74) is 0.847. The average molecular weight is 214 g/mol. The molecule has 0 aliphatic heterocycles. The van der Waals surface area contributed by atoms with Crippen LogP contribution in [0.1, 0.15) is 5.69 Å². The van der Waals surface area contributed by atoms with E-state index in [9.17, 15) is 0 Å². The molecule has 0 fully saturated rings. The van der Waals surface area contributed by atoms with Gasteiger partial charge in [-0.25, -0.2) is 0 Å². The Hall–Kier alpha value is -0.830. The molecule has 0 saturated carbocycles. The van der Waals surface area contributed by atoms with Gasteiger partial charge in [0, 0.05) is 6.20 Å². The topological polar surface area (TPSA) is 22.1 Å². The average Bonchev–Trinajstić information content (AvgIpc) is 1.97. The van der Waals surface area contributed by atoms with Crippen LogP contribution in [-0.2, 0) is 0 Å². The van der Waals surface area contributed by atoms with Crippen LogP contribution in [0.2, 0.25) is 0 Å². The van der Waals surface area contributed by atoms with Crippen molar-refractivity contribution in [3.8, 4) is 5.75 Å². The maximum absolute atomic E-state index is 5.12. The zero-order chi connectivity index (χ0) is 8.27. The summed E-state index contributed by atoms with van der Waals surface area (Å²) in [6, 6.07) is 1.83. The van der Waals surface area contributed by atoms with Crippen molar-refractivity contribution >= 4 is 15.9 Å². The highest BCUT2D eigenvalue weighted by molar-refractivity contribution is 9.10. The Bertz CT molecular complexity index is 253. The monoisotopic (exact) mass is 213 g/mol. The molecule has 0 aliphatic rings. The fourth-order valence-corrected chi connectivity index (χ4v) is 1.25. The summed E-state index contributed by atoms with van der Waals surface area (Å²) >= 11 is 3.34. The Morgan fingerprint density at radius 3 is 3.00 bits per heavy atom. The van der Waals surface area contributed by atoms with E-state index in [4.69, 9.17) is 4.74 Å². The number of ether oxygens (including phenoxy) is 1. The van der Waals surface area contributed by atoms with Gasteiger partial charge in [0.05, 0.1) is 16.4 Å². The molecule has 0 saturated heterocycles. The number of aryl methyl sites for hydroxylation is 1. The predicted octanol–water partition coefficient (Wildman–Crippen LogP) is 2.67. The van der Waals surface area contributed by atoms with Gasteiger partial charge in [-0.1, -0.05) is 6.58 Å². The first-order valence-corrected chi connectivity index (χ1v) is 3.93. The molecular formula is C8H8BrNO. The Labute approximate surface area is 74.0 Å². The maximum Gasteiger partial charge on any atom is 0.161 e. The lowest BCUT2D eigenvalue weighted by Gasteiger charge is -2.04. The molecular weight excluding hydrogens is 206 g/mol. The molecule has 11 heavy (non-hydrogen) atoms.